The van der Waals surface area contributed by atoms with Gasteiger partial charge in [-0.05, 0) is 71.2 Å². The lowest BCUT2D eigenvalue weighted by Crippen LogP contribution is -2.55. The molecule has 1 amide bonds. The van der Waals surface area contributed by atoms with Crippen molar-refractivity contribution in [2.45, 2.75) is 50.1 Å². The third-order valence-electron chi connectivity index (χ3n) is 9.25. The number of piperidine rings is 2. The summed E-state index contributed by atoms with van der Waals surface area (Å²) in [7, 11) is 1.62. The van der Waals surface area contributed by atoms with Gasteiger partial charge in [-0.15, -0.1) is 0 Å². The number of ketones is 1. The SMILES string of the molecule is COc1ccc2ccccc2c1C(=O)C1CC2CCCC(C1)N2C(=O)OCC1c2ccccc2-c2ccccc21. The number of carbonyl (C=O) groups excluding carboxylic acids is 2. The van der Waals surface area contributed by atoms with Crippen molar-refractivity contribution in [1.29, 1.82) is 0 Å². The predicted octanol–water partition coefficient (Wildman–Crippen LogP) is 7.61. The standard InChI is InChI=1S/C35H33NO4/c1-39-32-18-17-22-9-2-3-12-26(22)33(32)34(37)23-19-24-10-8-11-25(20-23)36(24)35(38)40-21-31-29-15-6-4-13-27(29)28-14-5-7-16-30(28)31/h2-7,9,12-18,23-25,31H,8,10-11,19-21H2,1H3. The highest BCUT2D eigenvalue weighted by atomic mass is 16.6. The highest BCUT2D eigenvalue weighted by Crippen LogP contribution is 2.45. The molecule has 3 aliphatic rings. The van der Waals surface area contributed by atoms with Crippen LogP contribution >= 0.6 is 0 Å². The first-order valence-electron chi connectivity index (χ1n) is 14.4. The molecule has 2 unspecified atom stereocenters. The molecule has 202 valence electrons. The van der Waals surface area contributed by atoms with Gasteiger partial charge in [-0.25, -0.2) is 4.79 Å². The lowest BCUT2D eigenvalue weighted by atomic mass is 9.75. The summed E-state index contributed by atoms with van der Waals surface area (Å²) in [5.41, 5.74) is 5.53. The maximum absolute atomic E-state index is 14.0. The number of hydrogen-bond donors (Lipinski definition) is 0. The van der Waals surface area contributed by atoms with E-state index in [1.54, 1.807) is 7.11 Å². The number of nitrogens with zero attached hydrogens (tertiary/aromatic N) is 1. The van der Waals surface area contributed by atoms with Crippen LogP contribution in [0.4, 0.5) is 4.79 Å². The summed E-state index contributed by atoms with van der Waals surface area (Å²) in [4.78, 5) is 29.6. The molecule has 0 radical (unpaired) electrons. The van der Waals surface area contributed by atoms with Crippen molar-refractivity contribution >= 4 is 22.6 Å². The third-order valence-corrected chi connectivity index (χ3v) is 9.25. The second-order valence-corrected chi connectivity index (χ2v) is 11.3. The van der Waals surface area contributed by atoms with Gasteiger partial charge in [0.25, 0.3) is 0 Å². The van der Waals surface area contributed by atoms with E-state index in [0.717, 1.165) is 30.0 Å². The van der Waals surface area contributed by atoms with E-state index < -0.39 is 0 Å². The number of carbonyl (C=O) groups is 2. The van der Waals surface area contributed by atoms with Crippen LogP contribution in [0.2, 0.25) is 0 Å². The van der Waals surface area contributed by atoms with E-state index in [2.05, 4.69) is 48.5 Å². The van der Waals surface area contributed by atoms with E-state index in [4.69, 9.17) is 9.47 Å². The largest absolute Gasteiger partial charge is 0.496 e. The molecule has 2 heterocycles. The number of benzene rings is 4. The zero-order valence-corrected chi connectivity index (χ0v) is 22.7. The molecule has 2 saturated heterocycles. The van der Waals surface area contributed by atoms with Crippen LogP contribution in [0.1, 0.15) is 59.5 Å². The Morgan fingerprint density at radius 3 is 2.10 bits per heavy atom. The van der Waals surface area contributed by atoms with E-state index >= 15 is 0 Å². The van der Waals surface area contributed by atoms with Crippen molar-refractivity contribution in [3.63, 3.8) is 0 Å². The van der Waals surface area contributed by atoms with Gasteiger partial charge in [-0.1, -0.05) is 78.9 Å². The Bertz CT molecular complexity index is 1550. The normalized spacial score (nSPS) is 21.5. The van der Waals surface area contributed by atoms with E-state index in [0.29, 0.717) is 30.8 Å². The minimum Gasteiger partial charge on any atom is -0.496 e. The van der Waals surface area contributed by atoms with Crippen LogP contribution in [0, 0.1) is 5.92 Å². The molecule has 40 heavy (non-hydrogen) atoms. The van der Waals surface area contributed by atoms with Gasteiger partial charge in [0.15, 0.2) is 5.78 Å². The number of Topliss-reactive ketones (excluding diaryl/α,β-unsaturated/α-hetero) is 1. The molecule has 5 nitrogen and oxygen atoms in total. The summed E-state index contributed by atoms with van der Waals surface area (Å²) in [6, 6.07) is 28.7. The van der Waals surface area contributed by atoms with Gasteiger partial charge in [-0.2, -0.15) is 0 Å². The first-order valence-corrected chi connectivity index (χ1v) is 14.4. The summed E-state index contributed by atoms with van der Waals surface area (Å²) in [5, 5.41) is 1.96. The first-order chi connectivity index (χ1) is 19.6. The second-order valence-electron chi connectivity index (χ2n) is 11.3. The smallest absolute Gasteiger partial charge is 0.410 e. The summed E-state index contributed by atoms with van der Waals surface area (Å²) in [5.74, 6) is 0.632. The highest BCUT2D eigenvalue weighted by Gasteiger charge is 2.44. The van der Waals surface area contributed by atoms with E-state index in [-0.39, 0.29) is 35.8 Å². The van der Waals surface area contributed by atoms with Gasteiger partial charge in [0, 0.05) is 23.9 Å². The average molecular weight is 532 g/mol. The Morgan fingerprint density at radius 1 is 0.800 bits per heavy atom. The van der Waals surface area contributed by atoms with Crippen LogP contribution in [0.15, 0.2) is 84.9 Å². The van der Waals surface area contributed by atoms with Gasteiger partial charge in [0.1, 0.15) is 12.4 Å². The van der Waals surface area contributed by atoms with Gasteiger partial charge < -0.3 is 14.4 Å². The van der Waals surface area contributed by atoms with Crippen LogP contribution < -0.4 is 4.74 Å². The van der Waals surface area contributed by atoms with Crippen molar-refractivity contribution in [2.75, 3.05) is 13.7 Å². The topological polar surface area (TPSA) is 55.8 Å². The first kappa shape index (κ1) is 24.9. The van der Waals surface area contributed by atoms with Crippen molar-refractivity contribution in [3.05, 3.63) is 102 Å². The van der Waals surface area contributed by atoms with Gasteiger partial charge in [0.05, 0.1) is 12.7 Å². The number of rotatable bonds is 5. The van der Waals surface area contributed by atoms with Crippen LogP contribution in [0.3, 0.4) is 0 Å². The van der Waals surface area contributed by atoms with Crippen molar-refractivity contribution < 1.29 is 19.1 Å². The molecule has 2 atom stereocenters. The van der Waals surface area contributed by atoms with E-state index in [1.807, 2.05) is 41.3 Å². The molecule has 2 aliphatic heterocycles. The Hall–Kier alpha value is -4.12. The fraction of sp³-hybridized carbons (Fsp3) is 0.314. The van der Waals surface area contributed by atoms with Crippen LogP contribution in [-0.2, 0) is 4.74 Å². The number of amides is 1. The van der Waals surface area contributed by atoms with E-state index in [1.165, 1.54) is 22.3 Å². The molecule has 2 fully saturated rings. The molecule has 0 spiro atoms. The summed E-state index contributed by atoms with van der Waals surface area (Å²) < 4.78 is 11.7. The minimum absolute atomic E-state index is 0.0121. The van der Waals surface area contributed by atoms with Crippen molar-refractivity contribution in [2.24, 2.45) is 5.92 Å². The van der Waals surface area contributed by atoms with Crippen LogP contribution in [0.25, 0.3) is 21.9 Å². The molecular weight excluding hydrogens is 498 g/mol. The summed E-state index contributed by atoms with van der Waals surface area (Å²) >= 11 is 0. The molecule has 5 heteroatoms. The second kappa shape index (κ2) is 10.1. The summed E-state index contributed by atoms with van der Waals surface area (Å²) in [6.07, 6.45) is 3.94. The summed E-state index contributed by atoms with van der Waals surface area (Å²) in [6.45, 7) is 0.318. The monoisotopic (exact) mass is 531 g/mol. The van der Waals surface area contributed by atoms with Crippen LogP contribution in [0.5, 0.6) is 5.75 Å². The zero-order valence-electron chi connectivity index (χ0n) is 22.7. The Balaban J connectivity index is 1.10. The fourth-order valence-electron chi connectivity index (χ4n) is 7.44. The number of ether oxygens (including phenoxy) is 2. The molecule has 4 aromatic rings. The molecular formula is C35H33NO4. The maximum Gasteiger partial charge on any atom is 0.410 e. The number of hydrogen-bond acceptors (Lipinski definition) is 4. The Labute approximate surface area is 234 Å². The van der Waals surface area contributed by atoms with Gasteiger partial charge >= 0.3 is 6.09 Å². The molecule has 7 rings (SSSR count). The quantitative estimate of drug-likeness (QED) is 0.249. The third kappa shape index (κ3) is 4.07. The average Bonchev–Trinajstić information content (AvgIpc) is 3.31. The molecule has 2 bridgehead atoms. The highest BCUT2D eigenvalue weighted by molar-refractivity contribution is 6.11. The van der Waals surface area contributed by atoms with Crippen molar-refractivity contribution in [1.82, 2.24) is 4.90 Å². The molecule has 0 saturated carbocycles. The minimum atomic E-state index is -0.245. The van der Waals surface area contributed by atoms with E-state index in [9.17, 15) is 9.59 Å². The fourth-order valence-corrected chi connectivity index (χ4v) is 7.44. The molecule has 4 aromatic carbocycles. The lowest BCUT2D eigenvalue weighted by molar-refractivity contribution is 0.00649. The Morgan fingerprint density at radius 2 is 1.43 bits per heavy atom. The number of fused-ring (bicyclic) bond motifs is 6. The zero-order chi connectivity index (χ0) is 27.2. The Kier molecular flexibility index (Phi) is 6.30. The van der Waals surface area contributed by atoms with Crippen LogP contribution in [-0.4, -0.2) is 42.6 Å². The van der Waals surface area contributed by atoms with Crippen molar-refractivity contribution in [3.8, 4) is 16.9 Å². The van der Waals surface area contributed by atoms with Gasteiger partial charge in [0.2, 0.25) is 0 Å². The number of methoxy groups -OCH3 is 1. The predicted molar refractivity (Wildman–Crippen MR) is 156 cm³/mol. The molecule has 0 N–H and O–H groups in total. The van der Waals surface area contributed by atoms with Gasteiger partial charge in [-0.3, -0.25) is 4.79 Å². The maximum atomic E-state index is 14.0. The molecule has 0 aromatic heterocycles. The lowest BCUT2D eigenvalue weighted by Gasteiger charge is -2.47. The molecule has 1 aliphatic carbocycles.